The van der Waals surface area contributed by atoms with Crippen molar-refractivity contribution in [3.8, 4) is 0 Å². The van der Waals surface area contributed by atoms with Crippen LogP contribution in [0.5, 0.6) is 0 Å². The van der Waals surface area contributed by atoms with E-state index in [9.17, 15) is 9.59 Å². The van der Waals surface area contributed by atoms with E-state index < -0.39 is 5.97 Å². The first-order valence-electron chi connectivity index (χ1n) is 7.34. The zero-order valence-electron chi connectivity index (χ0n) is 12.9. The molecule has 0 aliphatic carbocycles. The number of esters is 1. The van der Waals surface area contributed by atoms with Crippen molar-refractivity contribution >= 4 is 44.4 Å². The molecule has 0 aliphatic rings. The summed E-state index contributed by atoms with van der Waals surface area (Å²) >= 11 is 3.40. The smallest absolute Gasteiger partial charge is 0.355 e. The number of aryl methyl sites for hydroxylation is 1. The lowest BCUT2D eigenvalue weighted by Crippen LogP contribution is -2.21. The van der Waals surface area contributed by atoms with Crippen molar-refractivity contribution in [2.45, 2.75) is 6.92 Å². The molecule has 0 saturated heterocycles. The number of rotatable bonds is 4. The number of aromatic amines is 1. The maximum atomic E-state index is 12.0. The average molecular weight is 387 g/mol. The monoisotopic (exact) mass is 386 g/mol. The third-order valence-corrected chi connectivity index (χ3v) is 4.42. The molecule has 1 heterocycles. The van der Waals surface area contributed by atoms with E-state index in [0.717, 1.165) is 20.9 Å². The number of carbonyl (C=O) groups excluding carboxylic acids is 2. The molecule has 3 rings (SSSR count). The lowest BCUT2D eigenvalue weighted by atomic mass is 10.2. The van der Waals surface area contributed by atoms with Gasteiger partial charge in [-0.25, -0.2) is 4.79 Å². The molecule has 0 saturated carbocycles. The van der Waals surface area contributed by atoms with Crippen molar-refractivity contribution in [2.75, 3.05) is 11.9 Å². The molecule has 6 heteroatoms. The highest BCUT2D eigenvalue weighted by Gasteiger charge is 2.13. The first-order valence-corrected chi connectivity index (χ1v) is 8.13. The average Bonchev–Trinajstić information content (AvgIpc) is 3.00. The minimum Gasteiger partial charge on any atom is -0.451 e. The fourth-order valence-electron chi connectivity index (χ4n) is 2.31. The number of carbonyl (C=O) groups is 2. The Morgan fingerprint density at radius 1 is 1.17 bits per heavy atom. The molecule has 1 aromatic heterocycles. The van der Waals surface area contributed by atoms with Gasteiger partial charge in [0.1, 0.15) is 5.69 Å². The molecule has 0 bridgehead atoms. The number of hydrogen-bond donors (Lipinski definition) is 2. The van der Waals surface area contributed by atoms with Gasteiger partial charge in [0.25, 0.3) is 5.91 Å². The van der Waals surface area contributed by atoms with Gasteiger partial charge in [0.15, 0.2) is 6.61 Å². The molecule has 0 radical (unpaired) electrons. The summed E-state index contributed by atoms with van der Waals surface area (Å²) in [5, 5.41) is 3.61. The molecule has 0 aliphatic heterocycles. The van der Waals surface area contributed by atoms with Crippen LogP contribution in [0.4, 0.5) is 5.69 Å². The number of nitrogens with one attached hydrogen (secondary N) is 2. The molecule has 0 unspecified atom stereocenters. The number of amides is 1. The number of ether oxygens (including phenoxy) is 1. The molecule has 24 heavy (non-hydrogen) atoms. The second-order valence-corrected chi connectivity index (χ2v) is 6.21. The van der Waals surface area contributed by atoms with Crippen molar-refractivity contribution in [1.29, 1.82) is 0 Å². The van der Waals surface area contributed by atoms with Crippen LogP contribution < -0.4 is 5.32 Å². The van der Waals surface area contributed by atoms with Gasteiger partial charge >= 0.3 is 5.97 Å². The van der Waals surface area contributed by atoms with Crippen LogP contribution >= 0.6 is 15.9 Å². The molecule has 122 valence electrons. The first kappa shape index (κ1) is 16.3. The van der Waals surface area contributed by atoms with E-state index in [1.165, 1.54) is 0 Å². The number of aromatic nitrogens is 1. The highest BCUT2D eigenvalue weighted by molar-refractivity contribution is 9.10. The van der Waals surface area contributed by atoms with Gasteiger partial charge in [0.05, 0.1) is 0 Å². The molecule has 5 nitrogen and oxygen atoms in total. The SMILES string of the molecule is Cc1cc(NC(=O)COC(=O)c2cc3ccccc3[nH]2)ccc1Br. The Labute approximate surface area is 147 Å². The van der Waals surface area contributed by atoms with Gasteiger partial charge in [-0.05, 0) is 42.8 Å². The number of para-hydroxylation sites is 1. The molecule has 0 fully saturated rings. The van der Waals surface area contributed by atoms with E-state index in [0.29, 0.717) is 11.4 Å². The quantitative estimate of drug-likeness (QED) is 0.664. The number of hydrogen-bond acceptors (Lipinski definition) is 3. The lowest BCUT2D eigenvalue weighted by molar-refractivity contribution is -0.119. The molecule has 1 amide bonds. The van der Waals surface area contributed by atoms with Gasteiger partial charge in [0.2, 0.25) is 0 Å². The number of halogens is 1. The van der Waals surface area contributed by atoms with Crippen LogP contribution in [0, 0.1) is 6.92 Å². The van der Waals surface area contributed by atoms with Crippen molar-refractivity contribution in [3.05, 3.63) is 64.3 Å². The van der Waals surface area contributed by atoms with Crippen molar-refractivity contribution in [3.63, 3.8) is 0 Å². The third-order valence-electron chi connectivity index (χ3n) is 3.53. The molecule has 2 aromatic carbocycles. The van der Waals surface area contributed by atoms with Gasteiger partial charge in [-0.2, -0.15) is 0 Å². The predicted octanol–water partition coefficient (Wildman–Crippen LogP) is 4.03. The number of anilines is 1. The Morgan fingerprint density at radius 2 is 1.96 bits per heavy atom. The summed E-state index contributed by atoms with van der Waals surface area (Å²) < 4.78 is 6.02. The van der Waals surface area contributed by atoms with Gasteiger partial charge in [-0.15, -0.1) is 0 Å². The summed E-state index contributed by atoms with van der Waals surface area (Å²) in [6.45, 7) is 1.58. The number of benzene rings is 2. The Morgan fingerprint density at radius 3 is 2.71 bits per heavy atom. The lowest BCUT2D eigenvalue weighted by Gasteiger charge is -2.07. The maximum absolute atomic E-state index is 12.0. The van der Waals surface area contributed by atoms with E-state index in [1.807, 2.05) is 43.3 Å². The topological polar surface area (TPSA) is 71.2 Å². The van der Waals surface area contributed by atoms with Crippen LogP contribution in [-0.2, 0) is 9.53 Å². The zero-order chi connectivity index (χ0) is 17.1. The van der Waals surface area contributed by atoms with Gasteiger partial charge in [0, 0.05) is 21.1 Å². The van der Waals surface area contributed by atoms with Crippen LogP contribution in [-0.4, -0.2) is 23.5 Å². The largest absolute Gasteiger partial charge is 0.451 e. The number of fused-ring (bicyclic) bond motifs is 1. The first-order chi connectivity index (χ1) is 11.5. The summed E-state index contributed by atoms with van der Waals surface area (Å²) in [4.78, 5) is 26.9. The Kier molecular flexibility index (Phi) is 4.66. The summed E-state index contributed by atoms with van der Waals surface area (Å²) in [5.41, 5.74) is 2.83. The van der Waals surface area contributed by atoms with Crippen LogP contribution in [0.1, 0.15) is 16.1 Å². The fraction of sp³-hybridized carbons (Fsp3) is 0.111. The highest BCUT2D eigenvalue weighted by Crippen LogP contribution is 2.20. The summed E-state index contributed by atoms with van der Waals surface area (Å²) in [7, 11) is 0. The Bertz CT molecular complexity index is 885. The minimum absolute atomic E-state index is 0.323. The predicted molar refractivity (Wildman–Crippen MR) is 96.1 cm³/mol. The van der Waals surface area contributed by atoms with Gasteiger partial charge in [-0.3, -0.25) is 4.79 Å². The molecular weight excluding hydrogens is 372 g/mol. The summed E-state index contributed by atoms with van der Waals surface area (Å²) in [5.74, 6) is -0.950. The molecule has 0 atom stereocenters. The van der Waals surface area contributed by atoms with Crippen LogP contribution in [0.15, 0.2) is 53.0 Å². The highest BCUT2D eigenvalue weighted by atomic mass is 79.9. The number of H-pyrrole nitrogens is 1. The molecule has 2 N–H and O–H groups in total. The van der Waals surface area contributed by atoms with E-state index in [1.54, 1.807) is 12.1 Å². The Hall–Kier alpha value is -2.60. The van der Waals surface area contributed by atoms with E-state index in [4.69, 9.17) is 4.74 Å². The van der Waals surface area contributed by atoms with Gasteiger partial charge < -0.3 is 15.0 Å². The van der Waals surface area contributed by atoms with E-state index >= 15 is 0 Å². The third kappa shape index (κ3) is 3.65. The Balaban J connectivity index is 1.59. The van der Waals surface area contributed by atoms with Crippen molar-refractivity contribution < 1.29 is 14.3 Å². The van der Waals surface area contributed by atoms with Crippen LogP contribution in [0.3, 0.4) is 0 Å². The molecular formula is C18H15BrN2O3. The minimum atomic E-state index is -0.562. The van der Waals surface area contributed by atoms with Gasteiger partial charge in [-0.1, -0.05) is 34.1 Å². The normalized spacial score (nSPS) is 10.6. The van der Waals surface area contributed by atoms with E-state index in [2.05, 4.69) is 26.2 Å². The summed E-state index contributed by atoms with van der Waals surface area (Å²) in [6.07, 6.45) is 0. The molecule has 3 aromatic rings. The van der Waals surface area contributed by atoms with Crippen LogP contribution in [0.2, 0.25) is 0 Å². The van der Waals surface area contributed by atoms with Crippen molar-refractivity contribution in [1.82, 2.24) is 4.98 Å². The second kappa shape index (κ2) is 6.88. The van der Waals surface area contributed by atoms with Crippen molar-refractivity contribution in [2.24, 2.45) is 0 Å². The maximum Gasteiger partial charge on any atom is 0.355 e. The second-order valence-electron chi connectivity index (χ2n) is 5.36. The van der Waals surface area contributed by atoms with Crippen LogP contribution in [0.25, 0.3) is 10.9 Å². The zero-order valence-corrected chi connectivity index (χ0v) is 14.5. The summed E-state index contributed by atoms with van der Waals surface area (Å²) in [6, 6.07) is 14.7. The fourth-order valence-corrected chi connectivity index (χ4v) is 2.56. The standard InChI is InChI=1S/C18H15BrN2O3/c1-11-8-13(6-7-14(11)19)20-17(22)10-24-18(23)16-9-12-4-2-3-5-15(12)21-16/h2-9,21H,10H2,1H3,(H,20,22). The van der Waals surface area contributed by atoms with E-state index in [-0.39, 0.29) is 12.5 Å². The molecule has 0 spiro atoms.